The molecule has 3 nitrogen and oxygen atoms in total. The van der Waals surface area contributed by atoms with Gasteiger partial charge in [0.05, 0.1) is 0 Å². The molecule has 0 aliphatic heterocycles. The van der Waals surface area contributed by atoms with Crippen molar-refractivity contribution in [3.63, 3.8) is 0 Å². The Bertz CT molecular complexity index is 410. The minimum atomic E-state index is -5.07. The van der Waals surface area contributed by atoms with Crippen molar-refractivity contribution in [2.45, 2.75) is 19.3 Å². The third-order valence-corrected chi connectivity index (χ3v) is 2.67. The van der Waals surface area contributed by atoms with E-state index in [1.54, 1.807) is 22.6 Å². The maximum atomic E-state index is 12.5. The Kier molecular flexibility index (Phi) is 4.47. The molecule has 0 aliphatic carbocycles. The van der Waals surface area contributed by atoms with Crippen LogP contribution < -0.4 is 10.5 Å². The molecule has 0 aromatic carbocycles. The van der Waals surface area contributed by atoms with E-state index in [0.717, 1.165) is 6.20 Å². The molecule has 2 N–H and O–H groups in total. The number of ether oxygens (including phenoxy) is 1. The summed E-state index contributed by atoms with van der Waals surface area (Å²) in [5.74, 6) is -1.01. The van der Waals surface area contributed by atoms with Crippen LogP contribution in [0.5, 0.6) is 5.75 Å². The number of alkyl halides is 5. The molecule has 0 amide bonds. The summed E-state index contributed by atoms with van der Waals surface area (Å²) in [5.41, 5.74) is 4.00. The van der Waals surface area contributed by atoms with Crippen molar-refractivity contribution < 1.29 is 26.7 Å². The Morgan fingerprint density at radius 3 is 2.41 bits per heavy atom. The molecule has 0 spiro atoms. The Balaban J connectivity index is 3.34. The Morgan fingerprint density at radius 1 is 1.41 bits per heavy atom. The van der Waals surface area contributed by atoms with Gasteiger partial charge in [-0.3, -0.25) is 4.98 Å². The number of rotatable bonds is 3. The van der Waals surface area contributed by atoms with Crippen LogP contribution in [0.15, 0.2) is 6.20 Å². The quantitative estimate of drug-likeness (QED) is 0.659. The van der Waals surface area contributed by atoms with Gasteiger partial charge in [0.1, 0.15) is 5.69 Å². The molecule has 96 valence electrons. The standard InChI is InChI=1S/C8H6F5IN2O/c9-7(10)5-6(17-8(11,12)13)3(1-15)4(14)2-16-5/h2,7H,1,15H2. The van der Waals surface area contributed by atoms with Crippen LogP contribution in [0, 0.1) is 3.57 Å². The zero-order chi connectivity index (χ0) is 13.2. The summed E-state index contributed by atoms with van der Waals surface area (Å²) in [5, 5.41) is 0. The highest BCUT2D eigenvalue weighted by Crippen LogP contribution is 2.36. The van der Waals surface area contributed by atoms with Crippen LogP contribution in [0.3, 0.4) is 0 Å². The second kappa shape index (κ2) is 5.29. The van der Waals surface area contributed by atoms with Gasteiger partial charge < -0.3 is 10.5 Å². The van der Waals surface area contributed by atoms with E-state index in [9.17, 15) is 22.0 Å². The van der Waals surface area contributed by atoms with Gasteiger partial charge >= 0.3 is 6.36 Å². The third-order valence-electron chi connectivity index (χ3n) is 1.74. The van der Waals surface area contributed by atoms with E-state index < -0.39 is 24.2 Å². The molecule has 1 aromatic rings. The highest BCUT2D eigenvalue weighted by Gasteiger charge is 2.35. The van der Waals surface area contributed by atoms with Crippen molar-refractivity contribution in [2.75, 3.05) is 0 Å². The molecule has 0 unspecified atom stereocenters. The number of halogens is 6. The maximum Gasteiger partial charge on any atom is 0.573 e. The van der Waals surface area contributed by atoms with Crippen LogP contribution in [0.1, 0.15) is 17.7 Å². The third kappa shape index (κ3) is 3.63. The van der Waals surface area contributed by atoms with E-state index in [4.69, 9.17) is 5.73 Å². The number of hydrogen-bond acceptors (Lipinski definition) is 3. The smallest absolute Gasteiger partial charge is 0.403 e. The largest absolute Gasteiger partial charge is 0.573 e. The van der Waals surface area contributed by atoms with Crippen molar-refractivity contribution in [3.8, 4) is 5.75 Å². The average molecular weight is 368 g/mol. The van der Waals surface area contributed by atoms with Crippen LogP contribution in [-0.4, -0.2) is 11.3 Å². The molecule has 0 atom stereocenters. The number of nitrogens with zero attached hydrogens (tertiary/aromatic N) is 1. The molecule has 0 bridgehead atoms. The Hall–Kier alpha value is -0.710. The Morgan fingerprint density at radius 2 is 2.00 bits per heavy atom. The first-order chi connectivity index (χ1) is 7.76. The summed E-state index contributed by atoms with van der Waals surface area (Å²) in [4.78, 5) is 3.23. The summed E-state index contributed by atoms with van der Waals surface area (Å²) in [6.07, 6.45) is -7.22. The van der Waals surface area contributed by atoms with Gasteiger partial charge in [0.25, 0.3) is 6.43 Å². The molecule has 0 saturated heterocycles. The zero-order valence-corrected chi connectivity index (χ0v) is 10.2. The SMILES string of the molecule is NCc1c(I)cnc(C(F)F)c1OC(F)(F)F. The lowest BCUT2D eigenvalue weighted by Crippen LogP contribution is -2.21. The van der Waals surface area contributed by atoms with Crippen LogP contribution in [0.25, 0.3) is 0 Å². The molecule has 17 heavy (non-hydrogen) atoms. The number of aromatic nitrogens is 1. The van der Waals surface area contributed by atoms with Crippen molar-refractivity contribution in [3.05, 3.63) is 21.0 Å². The van der Waals surface area contributed by atoms with Crippen molar-refractivity contribution in [1.82, 2.24) is 4.98 Å². The summed E-state index contributed by atoms with van der Waals surface area (Å²) in [7, 11) is 0. The fourth-order valence-corrected chi connectivity index (χ4v) is 1.71. The fraction of sp³-hybridized carbons (Fsp3) is 0.375. The van der Waals surface area contributed by atoms with E-state index >= 15 is 0 Å². The molecule has 0 saturated carbocycles. The average Bonchev–Trinajstić information content (AvgIpc) is 2.15. The van der Waals surface area contributed by atoms with Crippen LogP contribution in [-0.2, 0) is 6.54 Å². The topological polar surface area (TPSA) is 48.1 Å². The molecule has 0 radical (unpaired) electrons. The first kappa shape index (κ1) is 14.4. The zero-order valence-electron chi connectivity index (χ0n) is 8.06. The predicted octanol–water partition coefficient (Wildman–Crippen LogP) is 2.98. The fourth-order valence-electron chi connectivity index (χ4n) is 1.10. The van der Waals surface area contributed by atoms with Crippen LogP contribution in [0.4, 0.5) is 22.0 Å². The second-order valence-corrected chi connectivity index (χ2v) is 4.01. The van der Waals surface area contributed by atoms with Gasteiger partial charge in [-0.25, -0.2) is 8.78 Å². The summed E-state index contributed by atoms with van der Waals surface area (Å²) >= 11 is 1.64. The van der Waals surface area contributed by atoms with E-state index in [0.29, 0.717) is 0 Å². The predicted molar refractivity (Wildman–Crippen MR) is 56.5 cm³/mol. The monoisotopic (exact) mass is 368 g/mol. The molecule has 0 fully saturated rings. The van der Waals surface area contributed by atoms with Crippen LogP contribution in [0.2, 0.25) is 0 Å². The van der Waals surface area contributed by atoms with Crippen LogP contribution >= 0.6 is 22.6 Å². The minimum absolute atomic E-state index is 0.145. The van der Waals surface area contributed by atoms with Gasteiger partial charge in [-0.15, -0.1) is 13.2 Å². The van der Waals surface area contributed by atoms with E-state index in [1.165, 1.54) is 0 Å². The molecular formula is C8H6F5IN2O. The van der Waals surface area contributed by atoms with Gasteiger partial charge in [0.2, 0.25) is 0 Å². The molecule has 1 heterocycles. The van der Waals surface area contributed by atoms with Gasteiger partial charge in [-0.1, -0.05) is 0 Å². The summed E-state index contributed by atoms with van der Waals surface area (Å²) < 4.78 is 65.1. The number of nitrogens with two attached hydrogens (primary N) is 1. The van der Waals surface area contributed by atoms with Gasteiger partial charge in [0.15, 0.2) is 5.75 Å². The van der Waals surface area contributed by atoms with Gasteiger partial charge in [-0.2, -0.15) is 0 Å². The molecule has 1 rings (SSSR count). The molecular weight excluding hydrogens is 362 g/mol. The Labute approximate surface area is 106 Å². The van der Waals surface area contributed by atoms with Gasteiger partial charge in [-0.05, 0) is 22.6 Å². The normalized spacial score (nSPS) is 12.0. The van der Waals surface area contributed by atoms with Crippen molar-refractivity contribution >= 4 is 22.6 Å². The minimum Gasteiger partial charge on any atom is -0.403 e. The van der Waals surface area contributed by atoms with Crippen molar-refractivity contribution in [2.24, 2.45) is 5.73 Å². The molecule has 0 aliphatic rings. The number of pyridine rings is 1. The number of hydrogen-bond donors (Lipinski definition) is 1. The lowest BCUT2D eigenvalue weighted by molar-refractivity contribution is -0.275. The second-order valence-electron chi connectivity index (χ2n) is 2.85. The molecule has 1 aromatic heterocycles. The van der Waals surface area contributed by atoms with E-state index in [1.807, 2.05) is 0 Å². The van der Waals surface area contributed by atoms with E-state index in [-0.39, 0.29) is 15.7 Å². The lowest BCUT2D eigenvalue weighted by atomic mass is 10.2. The lowest BCUT2D eigenvalue weighted by Gasteiger charge is -2.16. The van der Waals surface area contributed by atoms with Crippen molar-refractivity contribution in [1.29, 1.82) is 0 Å². The summed E-state index contributed by atoms with van der Waals surface area (Å²) in [6, 6.07) is 0. The first-order valence-electron chi connectivity index (χ1n) is 4.17. The van der Waals surface area contributed by atoms with Gasteiger partial charge in [0, 0.05) is 21.9 Å². The molecule has 9 heteroatoms. The van der Waals surface area contributed by atoms with E-state index in [2.05, 4.69) is 9.72 Å². The first-order valence-corrected chi connectivity index (χ1v) is 5.25. The maximum absolute atomic E-state index is 12.5. The summed E-state index contributed by atoms with van der Waals surface area (Å²) in [6.45, 7) is -0.355. The highest BCUT2D eigenvalue weighted by molar-refractivity contribution is 14.1. The highest BCUT2D eigenvalue weighted by atomic mass is 127.